The molecule has 0 unspecified atom stereocenters. The molecule has 0 aromatic carbocycles. The maximum absolute atomic E-state index is 9.28. The molecule has 8 nitrogen and oxygen atoms in total. The van der Waals surface area contributed by atoms with E-state index >= 15 is 0 Å². The minimum absolute atomic E-state index is 0.0890. The van der Waals surface area contributed by atoms with E-state index in [1.165, 1.54) is 10.4 Å². The van der Waals surface area contributed by atoms with Gasteiger partial charge in [-0.05, 0) is 29.0 Å². The number of fused-ring (bicyclic) bond motifs is 5. The van der Waals surface area contributed by atoms with Crippen LogP contribution in [0.3, 0.4) is 0 Å². The lowest BCUT2D eigenvalue weighted by Crippen LogP contribution is -2.29. The van der Waals surface area contributed by atoms with Crippen molar-refractivity contribution in [2.75, 3.05) is 38.2 Å². The highest BCUT2D eigenvalue weighted by atomic mass is 32.1. The molecule has 0 amide bonds. The molecule has 3 aromatic heterocycles. The van der Waals surface area contributed by atoms with Crippen LogP contribution in [-0.4, -0.2) is 68.3 Å². The molecule has 0 aliphatic carbocycles. The van der Waals surface area contributed by atoms with Gasteiger partial charge in [-0.15, -0.1) is 11.3 Å². The number of thiophene rings is 1. The summed E-state index contributed by atoms with van der Waals surface area (Å²) < 4.78 is 1.73. The number of aliphatic hydroxyl groups excluding tert-OH is 1. The van der Waals surface area contributed by atoms with Crippen LogP contribution in [-0.2, 0) is 13.0 Å². The Hall–Kier alpha value is -1.84. The highest BCUT2D eigenvalue weighted by Gasteiger charge is 2.26. The maximum atomic E-state index is 9.28. The summed E-state index contributed by atoms with van der Waals surface area (Å²) in [6.07, 6.45) is 1.01. The van der Waals surface area contributed by atoms with Crippen molar-refractivity contribution in [3.8, 4) is 0 Å². The predicted molar refractivity (Wildman–Crippen MR) is 89.0 cm³/mol. The Balaban J connectivity index is 1.98. The number of hydrogen-bond donors (Lipinski definition) is 1. The topological polar surface area (TPSA) is 82.7 Å². The maximum Gasteiger partial charge on any atom is 0.276 e. The molecule has 122 valence electrons. The van der Waals surface area contributed by atoms with E-state index in [4.69, 9.17) is 0 Å². The van der Waals surface area contributed by atoms with Crippen molar-refractivity contribution < 1.29 is 5.11 Å². The van der Waals surface area contributed by atoms with Gasteiger partial charge in [-0.1, -0.05) is 12.0 Å². The summed E-state index contributed by atoms with van der Waals surface area (Å²) in [7, 11) is 1.95. The molecule has 1 N–H and O–H groups in total. The number of aliphatic hydroxyl groups is 1. The molecule has 3 aromatic rings. The zero-order chi connectivity index (χ0) is 16.0. The van der Waals surface area contributed by atoms with Gasteiger partial charge in [0.1, 0.15) is 10.6 Å². The van der Waals surface area contributed by atoms with Gasteiger partial charge in [0, 0.05) is 31.6 Å². The molecular weight excluding hydrogens is 314 g/mol. The Labute approximate surface area is 137 Å². The van der Waals surface area contributed by atoms with E-state index in [1.807, 2.05) is 11.9 Å². The van der Waals surface area contributed by atoms with E-state index < -0.39 is 0 Å². The summed E-state index contributed by atoms with van der Waals surface area (Å²) in [5, 5.41) is 22.3. The second-order valence-electron chi connectivity index (χ2n) is 5.77. The fraction of sp³-hybridized carbons (Fsp3) is 0.571. The Kier molecular flexibility index (Phi) is 3.63. The van der Waals surface area contributed by atoms with E-state index in [1.54, 1.807) is 15.9 Å². The summed E-state index contributed by atoms with van der Waals surface area (Å²) in [4.78, 5) is 11.5. The number of nitrogens with zero attached hydrogens (tertiary/aromatic N) is 7. The summed E-state index contributed by atoms with van der Waals surface area (Å²) in [6, 6.07) is 0. The minimum Gasteiger partial charge on any atom is -0.395 e. The first-order valence-electron chi connectivity index (χ1n) is 7.79. The SMILES string of the molecule is CCN1CCc2c(sc3c2c(N(C)CCO)nc2nnnn23)C1. The second kappa shape index (κ2) is 5.66. The molecular formula is C14H19N7OS. The first-order valence-corrected chi connectivity index (χ1v) is 8.61. The molecule has 0 atom stereocenters. The van der Waals surface area contributed by atoms with Crippen LogP contribution in [0.5, 0.6) is 0 Å². The number of hydrogen-bond acceptors (Lipinski definition) is 8. The molecule has 9 heteroatoms. The zero-order valence-electron chi connectivity index (χ0n) is 13.2. The summed E-state index contributed by atoms with van der Waals surface area (Å²) in [5.74, 6) is 1.36. The third kappa shape index (κ3) is 2.27. The van der Waals surface area contributed by atoms with Gasteiger partial charge in [-0.2, -0.15) is 9.50 Å². The standard InChI is InChI=1S/C14H19N7OS/c1-3-20-5-4-9-10(8-20)23-13-11(9)12(19(2)6-7-22)15-14-16-17-18-21(13)14/h22H,3-8H2,1-2H3. The summed E-state index contributed by atoms with van der Waals surface area (Å²) >= 11 is 1.75. The van der Waals surface area contributed by atoms with Crippen LogP contribution >= 0.6 is 11.3 Å². The van der Waals surface area contributed by atoms with Crippen LogP contribution in [0.2, 0.25) is 0 Å². The highest BCUT2D eigenvalue weighted by Crippen LogP contribution is 2.39. The largest absolute Gasteiger partial charge is 0.395 e. The van der Waals surface area contributed by atoms with Crippen molar-refractivity contribution in [3.05, 3.63) is 10.4 Å². The van der Waals surface area contributed by atoms with Crippen molar-refractivity contribution >= 4 is 33.1 Å². The lowest BCUT2D eigenvalue weighted by Gasteiger charge is -2.25. The third-order valence-electron chi connectivity index (χ3n) is 4.44. The summed E-state index contributed by atoms with van der Waals surface area (Å²) in [6.45, 7) is 5.91. The molecule has 0 saturated carbocycles. The molecule has 23 heavy (non-hydrogen) atoms. The smallest absolute Gasteiger partial charge is 0.276 e. The predicted octanol–water partition coefficient (Wildman–Crippen LogP) is 0.540. The Morgan fingerprint density at radius 3 is 3.04 bits per heavy atom. The Morgan fingerprint density at radius 2 is 2.26 bits per heavy atom. The first-order chi connectivity index (χ1) is 11.2. The van der Waals surface area contributed by atoms with Gasteiger partial charge < -0.3 is 10.0 Å². The van der Waals surface area contributed by atoms with Crippen molar-refractivity contribution in [1.29, 1.82) is 0 Å². The molecule has 1 aliphatic heterocycles. The van der Waals surface area contributed by atoms with Crippen molar-refractivity contribution in [1.82, 2.24) is 29.9 Å². The van der Waals surface area contributed by atoms with Gasteiger partial charge in [-0.25, -0.2) is 0 Å². The van der Waals surface area contributed by atoms with E-state index in [0.29, 0.717) is 12.3 Å². The average Bonchev–Trinajstić information content (AvgIpc) is 3.17. The van der Waals surface area contributed by atoms with Crippen molar-refractivity contribution in [3.63, 3.8) is 0 Å². The zero-order valence-corrected chi connectivity index (χ0v) is 14.0. The van der Waals surface area contributed by atoms with E-state index in [9.17, 15) is 5.11 Å². The average molecular weight is 333 g/mol. The molecule has 1 aliphatic rings. The fourth-order valence-corrected chi connectivity index (χ4v) is 4.49. The van der Waals surface area contributed by atoms with Crippen molar-refractivity contribution in [2.24, 2.45) is 0 Å². The number of rotatable bonds is 4. The second-order valence-corrected chi connectivity index (χ2v) is 6.86. The lowest BCUT2D eigenvalue weighted by atomic mass is 10.0. The molecule has 0 radical (unpaired) electrons. The number of likely N-dealkylation sites (N-methyl/N-ethyl adjacent to an activating group) is 2. The van der Waals surface area contributed by atoms with Gasteiger partial charge in [0.25, 0.3) is 5.78 Å². The third-order valence-corrected chi connectivity index (χ3v) is 5.63. The van der Waals surface area contributed by atoms with Crippen LogP contribution in [0.15, 0.2) is 0 Å². The fourth-order valence-electron chi connectivity index (χ4n) is 3.16. The Bertz CT molecular complexity index is 858. The van der Waals surface area contributed by atoms with Gasteiger partial charge in [0.15, 0.2) is 0 Å². The highest BCUT2D eigenvalue weighted by molar-refractivity contribution is 7.19. The van der Waals surface area contributed by atoms with Gasteiger partial charge in [0.2, 0.25) is 0 Å². The van der Waals surface area contributed by atoms with Gasteiger partial charge in [-0.3, -0.25) is 4.90 Å². The number of anilines is 1. The first kappa shape index (κ1) is 14.7. The van der Waals surface area contributed by atoms with Crippen LogP contribution in [0.4, 0.5) is 5.82 Å². The van der Waals surface area contributed by atoms with Crippen LogP contribution in [0.1, 0.15) is 17.4 Å². The van der Waals surface area contributed by atoms with Gasteiger partial charge in [0.05, 0.1) is 12.0 Å². The lowest BCUT2D eigenvalue weighted by molar-refractivity contribution is 0.272. The number of tetrazole rings is 1. The monoisotopic (exact) mass is 333 g/mol. The minimum atomic E-state index is 0.0890. The molecule has 0 spiro atoms. The van der Waals surface area contributed by atoms with Crippen LogP contribution in [0, 0.1) is 0 Å². The Morgan fingerprint density at radius 1 is 1.39 bits per heavy atom. The molecule has 0 bridgehead atoms. The van der Waals surface area contributed by atoms with Crippen LogP contribution in [0.25, 0.3) is 16.0 Å². The molecule has 4 rings (SSSR count). The quantitative estimate of drug-likeness (QED) is 0.746. The van der Waals surface area contributed by atoms with E-state index in [2.05, 4.69) is 32.3 Å². The molecule has 0 saturated heterocycles. The molecule has 4 heterocycles. The van der Waals surface area contributed by atoms with Crippen LogP contribution < -0.4 is 4.90 Å². The van der Waals surface area contributed by atoms with E-state index in [0.717, 1.165) is 42.1 Å². The van der Waals surface area contributed by atoms with E-state index in [-0.39, 0.29) is 6.61 Å². The summed E-state index contributed by atoms with van der Waals surface area (Å²) in [5.41, 5.74) is 1.36. The van der Waals surface area contributed by atoms with Crippen molar-refractivity contribution in [2.45, 2.75) is 19.9 Å². The normalized spacial score (nSPS) is 15.4. The van der Waals surface area contributed by atoms with Gasteiger partial charge >= 0.3 is 0 Å². The molecule has 0 fully saturated rings. The number of aromatic nitrogens is 5.